The number of thiophene rings is 1. The second-order valence-corrected chi connectivity index (χ2v) is 8.24. The number of rotatable bonds is 5. The van der Waals surface area contributed by atoms with Crippen molar-refractivity contribution in [3.05, 3.63) is 69.6 Å². The number of hydrogen-bond donors (Lipinski definition) is 0. The fourth-order valence-electron chi connectivity index (χ4n) is 4.09. The van der Waals surface area contributed by atoms with Gasteiger partial charge in [0, 0.05) is 40.6 Å². The maximum absolute atomic E-state index is 13.1. The monoisotopic (exact) mass is 393 g/mol. The summed E-state index contributed by atoms with van der Waals surface area (Å²) in [6, 6.07) is 13.9. The molecule has 0 amide bonds. The summed E-state index contributed by atoms with van der Waals surface area (Å²) in [6.07, 6.45) is 2.84. The van der Waals surface area contributed by atoms with E-state index in [-0.39, 0.29) is 17.7 Å². The number of ether oxygens (including phenoxy) is 1. The normalized spacial score (nSPS) is 21.9. The van der Waals surface area contributed by atoms with E-state index in [0.29, 0.717) is 19.4 Å². The minimum absolute atomic E-state index is 0.123. The topological polar surface area (TPSA) is 55.7 Å². The molecule has 0 saturated carbocycles. The van der Waals surface area contributed by atoms with Gasteiger partial charge in [0.15, 0.2) is 5.78 Å². The molecule has 28 heavy (non-hydrogen) atoms. The van der Waals surface area contributed by atoms with Gasteiger partial charge in [0.05, 0.1) is 6.61 Å². The first-order valence-corrected chi connectivity index (χ1v) is 10.6. The first-order valence-electron chi connectivity index (χ1n) is 9.70. The molecule has 0 saturated heterocycles. The third kappa shape index (κ3) is 3.72. The van der Waals surface area contributed by atoms with E-state index in [1.165, 1.54) is 0 Å². The summed E-state index contributed by atoms with van der Waals surface area (Å²) in [6.45, 7) is 2.20. The molecular weight excluding hydrogens is 370 g/mol. The van der Waals surface area contributed by atoms with Crippen LogP contribution in [0.2, 0.25) is 0 Å². The van der Waals surface area contributed by atoms with Crippen molar-refractivity contribution in [2.45, 2.75) is 38.5 Å². The molecule has 4 rings (SSSR count). The molecule has 2 heterocycles. The number of Topliss-reactive ketones (excluding diaryl/α,β-unsaturated/α-hetero) is 1. The lowest BCUT2D eigenvalue weighted by Crippen LogP contribution is -2.37. The van der Waals surface area contributed by atoms with Gasteiger partial charge in [-0.2, -0.15) is 0 Å². The lowest BCUT2D eigenvalue weighted by atomic mass is 9.74. The number of allylic oxidation sites excluding steroid dienone is 2. The van der Waals surface area contributed by atoms with Gasteiger partial charge in [-0.1, -0.05) is 36.4 Å². The van der Waals surface area contributed by atoms with Gasteiger partial charge in [-0.3, -0.25) is 14.6 Å². The van der Waals surface area contributed by atoms with E-state index in [0.717, 1.165) is 40.3 Å². The number of esters is 1. The molecule has 1 aliphatic heterocycles. The maximum Gasteiger partial charge on any atom is 0.315 e. The van der Waals surface area contributed by atoms with Crippen molar-refractivity contribution in [1.82, 2.24) is 0 Å². The van der Waals surface area contributed by atoms with E-state index in [2.05, 4.69) is 4.99 Å². The Morgan fingerprint density at radius 3 is 2.75 bits per heavy atom. The number of aliphatic imine (C=N–C) groups is 1. The molecule has 1 aromatic heterocycles. The van der Waals surface area contributed by atoms with Crippen LogP contribution in [0, 0.1) is 5.92 Å². The van der Waals surface area contributed by atoms with Gasteiger partial charge in [-0.15, -0.1) is 11.3 Å². The Morgan fingerprint density at radius 1 is 1.18 bits per heavy atom. The van der Waals surface area contributed by atoms with E-state index < -0.39 is 5.92 Å². The number of nitrogens with zero attached hydrogens (tertiary/aromatic N) is 1. The highest BCUT2D eigenvalue weighted by Crippen LogP contribution is 2.44. The summed E-state index contributed by atoms with van der Waals surface area (Å²) in [7, 11) is 0. The molecule has 1 aliphatic carbocycles. The van der Waals surface area contributed by atoms with Crippen LogP contribution in [0.15, 0.2) is 64.1 Å². The molecule has 0 radical (unpaired) electrons. The Balaban J connectivity index is 1.58. The predicted molar refractivity (Wildman–Crippen MR) is 111 cm³/mol. The fraction of sp³-hybridized carbons (Fsp3) is 0.348. The largest absolute Gasteiger partial charge is 0.465 e. The van der Waals surface area contributed by atoms with Crippen LogP contribution in [0.5, 0.6) is 0 Å². The lowest BCUT2D eigenvalue weighted by molar-refractivity contribution is -0.146. The molecule has 0 N–H and O–H groups in total. The van der Waals surface area contributed by atoms with E-state index in [1.807, 2.05) is 54.8 Å². The van der Waals surface area contributed by atoms with E-state index in [4.69, 9.17) is 4.74 Å². The summed E-state index contributed by atoms with van der Waals surface area (Å²) in [5.74, 6) is -0.974. The highest BCUT2D eigenvalue weighted by molar-refractivity contribution is 7.10. The Labute approximate surface area is 169 Å². The number of hydrogen-bond acceptors (Lipinski definition) is 5. The van der Waals surface area contributed by atoms with Crippen molar-refractivity contribution < 1.29 is 14.3 Å². The van der Waals surface area contributed by atoms with Crippen LogP contribution in [-0.2, 0) is 20.7 Å². The van der Waals surface area contributed by atoms with E-state index in [9.17, 15) is 9.59 Å². The molecule has 2 aromatic rings. The molecule has 144 valence electrons. The van der Waals surface area contributed by atoms with Gasteiger partial charge >= 0.3 is 5.97 Å². The van der Waals surface area contributed by atoms with Crippen LogP contribution in [0.3, 0.4) is 0 Å². The minimum atomic E-state index is -0.532. The number of carbonyl (C=O) groups excluding carboxylic acids is 2. The SMILES string of the molecule is CC1=NC2=C(C(=O)CCC2)[C@@H](c2cccs2)C1C(=O)OCCc1ccccc1. The Morgan fingerprint density at radius 2 is 2.00 bits per heavy atom. The zero-order chi connectivity index (χ0) is 19.5. The second-order valence-electron chi connectivity index (χ2n) is 7.26. The van der Waals surface area contributed by atoms with Crippen molar-refractivity contribution in [2.75, 3.05) is 6.61 Å². The van der Waals surface area contributed by atoms with Gasteiger partial charge in [0.25, 0.3) is 0 Å². The average molecular weight is 394 g/mol. The van der Waals surface area contributed by atoms with Crippen molar-refractivity contribution in [3.8, 4) is 0 Å². The Bertz CT molecular complexity index is 928. The van der Waals surface area contributed by atoms with Crippen LogP contribution in [-0.4, -0.2) is 24.1 Å². The Hall–Kier alpha value is -2.53. The third-order valence-electron chi connectivity index (χ3n) is 5.42. The summed E-state index contributed by atoms with van der Waals surface area (Å²) in [5.41, 5.74) is 3.47. The van der Waals surface area contributed by atoms with Crippen molar-refractivity contribution >= 4 is 28.8 Å². The van der Waals surface area contributed by atoms with E-state index >= 15 is 0 Å². The fourth-order valence-corrected chi connectivity index (χ4v) is 4.96. The molecule has 0 bridgehead atoms. The van der Waals surface area contributed by atoms with Crippen LogP contribution in [0.25, 0.3) is 0 Å². The average Bonchev–Trinajstić information content (AvgIpc) is 3.22. The molecule has 4 nitrogen and oxygen atoms in total. The minimum Gasteiger partial charge on any atom is -0.465 e. The zero-order valence-electron chi connectivity index (χ0n) is 15.9. The summed E-state index contributed by atoms with van der Waals surface area (Å²) < 4.78 is 5.65. The van der Waals surface area contributed by atoms with Crippen LogP contribution >= 0.6 is 11.3 Å². The number of benzene rings is 1. The van der Waals surface area contributed by atoms with Gasteiger partial charge in [0.1, 0.15) is 5.92 Å². The highest BCUT2D eigenvalue weighted by Gasteiger charge is 2.43. The molecule has 2 aliphatic rings. The van der Waals surface area contributed by atoms with Gasteiger partial charge in [-0.05, 0) is 36.8 Å². The van der Waals surface area contributed by atoms with Crippen LogP contribution in [0.4, 0.5) is 0 Å². The molecule has 1 aromatic carbocycles. The molecule has 1 unspecified atom stereocenters. The smallest absolute Gasteiger partial charge is 0.315 e. The van der Waals surface area contributed by atoms with Gasteiger partial charge in [0.2, 0.25) is 0 Å². The van der Waals surface area contributed by atoms with Gasteiger partial charge in [-0.25, -0.2) is 0 Å². The predicted octanol–water partition coefficient (Wildman–Crippen LogP) is 4.72. The zero-order valence-corrected chi connectivity index (χ0v) is 16.7. The quantitative estimate of drug-likeness (QED) is 0.691. The van der Waals surface area contributed by atoms with Crippen molar-refractivity contribution in [2.24, 2.45) is 10.9 Å². The maximum atomic E-state index is 13.1. The Kier molecular flexibility index (Phi) is 5.53. The van der Waals surface area contributed by atoms with Gasteiger partial charge < -0.3 is 4.74 Å². The second kappa shape index (κ2) is 8.23. The first kappa shape index (κ1) is 18.8. The molecular formula is C23H23NO3S. The van der Waals surface area contributed by atoms with Crippen molar-refractivity contribution in [1.29, 1.82) is 0 Å². The van der Waals surface area contributed by atoms with Crippen LogP contribution < -0.4 is 0 Å². The summed E-state index contributed by atoms with van der Waals surface area (Å²) in [5, 5.41) is 1.99. The standard InChI is InChI=1S/C23H23NO3S/c1-15-20(23(26)27-13-12-16-7-3-2-4-8-16)22(19-11-6-14-28-19)21-17(24-15)9-5-10-18(21)25/h2-4,6-8,11,14,20,22H,5,9-10,12-13H2,1H3/t20?,22-/m0/s1. The lowest BCUT2D eigenvalue weighted by Gasteiger charge is -2.33. The third-order valence-corrected chi connectivity index (χ3v) is 6.37. The molecule has 0 spiro atoms. The first-order chi connectivity index (χ1) is 13.6. The molecule has 5 heteroatoms. The summed E-state index contributed by atoms with van der Waals surface area (Å²) in [4.78, 5) is 31.5. The van der Waals surface area contributed by atoms with Crippen LogP contribution in [0.1, 0.15) is 42.5 Å². The number of ketones is 1. The summed E-state index contributed by atoms with van der Waals surface area (Å²) >= 11 is 1.58. The molecule has 0 fully saturated rings. The van der Waals surface area contributed by atoms with Crippen molar-refractivity contribution in [3.63, 3.8) is 0 Å². The highest BCUT2D eigenvalue weighted by atomic mass is 32.1. The van der Waals surface area contributed by atoms with E-state index in [1.54, 1.807) is 11.3 Å². The number of carbonyl (C=O) groups is 2. The molecule has 2 atom stereocenters.